The first-order valence-electron chi connectivity index (χ1n) is 9.42. The molecule has 0 N–H and O–H groups in total. The lowest BCUT2D eigenvalue weighted by Gasteiger charge is -2.22. The van der Waals surface area contributed by atoms with Crippen LogP contribution in [0.4, 0.5) is 11.4 Å². The second kappa shape index (κ2) is 9.27. The number of ether oxygens (including phenoxy) is 1. The zero-order valence-electron chi connectivity index (χ0n) is 16.6. The van der Waals surface area contributed by atoms with Crippen molar-refractivity contribution in [2.75, 3.05) is 43.1 Å². The highest BCUT2D eigenvalue weighted by molar-refractivity contribution is 6.11. The van der Waals surface area contributed by atoms with Crippen molar-refractivity contribution >= 4 is 17.2 Å². The summed E-state index contributed by atoms with van der Waals surface area (Å²) in [6.07, 6.45) is 0. The molecule has 0 aromatic heterocycles. The van der Waals surface area contributed by atoms with E-state index >= 15 is 0 Å². The third kappa shape index (κ3) is 4.18. The van der Waals surface area contributed by atoms with Crippen LogP contribution in [0, 0.1) is 0 Å². The van der Waals surface area contributed by atoms with Gasteiger partial charge in [0.25, 0.3) is 0 Å². The number of hydrogen-bond acceptors (Lipinski definition) is 4. The van der Waals surface area contributed by atoms with Crippen molar-refractivity contribution in [2.24, 2.45) is 0 Å². The van der Waals surface area contributed by atoms with Gasteiger partial charge in [0.1, 0.15) is 5.75 Å². The zero-order chi connectivity index (χ0) is 19.1. The molecule has 0 heterocycles. The number of carbonyl (C=O) groups excluding carboxylic acids is 1. The molecule has 140 valence electrons. The molecule has 0 saturated carbocycles. The van der Waals surface area contributed by atoms with Crippen LogP contribution in [0.3, 0.4) is 0 Å². The summed E-state index contributed by atoms with van der Waals surface area (Å²) in [4.78, 5) is 17.4. The summed E-state index contributed by atoms with van der Waals surface area (Å²) in [7, 11) is 1.61. The molecule has 0 atom stereocenters. The van der Waals surface area contributed by atoms with Crippen molar-refractivity contribution in [3.05, 3.63) is 53.6 Å². The molecular formula is C22H30N2O2. The van der Waals surface area contributed by atoms with Crippen LogP contribution in [0.5, 0.6) is 5.75 Å². The van der Waals surface area contributed by atoms with E-state index in [1.807, 2.05) is 42.5 Å². The van der Waals surface area contributed by atoms with Gasteiger partial charge < -0.3 is 14.5 Å². The van der Waals surface area contributed by atoms with E-state index in [9.17, 15) is 4.79 Å². The summed E-state index contributed by atoms with van der Waals surface area (Å²) < 4.78 is 5.51. The summed E-state index contributed by atoms with van der Waals surface area (Å²) in [6.45, 7) is 12.2. The van der Waals surface area contributed by atoms with Gasteiger partial charge in [-0.1, -0.05) is 0 Å². The largest absolute Gasteiger partial charge is 0.496 e. The average Bonchev–Trinajstić information content (AvgIpc) is 2.69. The lowest BCUT2D eigenvalue weighted by molar-refractivity contribution is 0.103. The van der Waals surface area contributed by atoms with E-state index in [-0.39, 0.29) is 5.78 Å². The molecule has 0 bridgehead atoms. The van der Waals surface area contributed by atoms with Gasteiger partial charge in [-0.2, -0.15) is 0 Å². The van der Waals surface area contributed by atoms with Gasteiger partial charge in [0.2, 0.25) is 0 Å². The Hall–Kier alpha value is -2.49. The van der Waals surface area contributed by atoms with Crippen LogP contribution in [-0.4, -0.2) is 39.1 Å². The molecule has 0 unspecified atom stereocenters. The number of ketones is 1. The SMILES string of the molecule is CCN(CC)c1ccc(C(=O)c2ccc(N(CC)CC)cc2OC)cc1. The average molecular weight is 354 g/mol. The first kappa shape index (κ1) is 19.8. The fraction of sp³-hybridized carbons (Fsp3) is 0.409. The Kier molecular flexibility index (Phi) is 7.07. The molecule has 0 amide bonds. The first-order valence-corrected chi connectivity index (χ1v) is 9.42. The maximum atomic E-state index is 13.0. The highest BCUT2D eigenvalue weighted by atomic mass is 16.5. The topological polar surface area (TPSA) is 32.8 Å². The molecule has 2 aromatic rings. The number of nitrogens with zero attached hydrogens (tertiary/aromatic N) is 2. The molecule has 2 aromatic carbocycles. The monoisotopic (exact) mass is 354 g/mol. The van der Waals surface area contributed by atoms with Crippen LogP contribution >= 0.6 is 0 Å². The summed E-state index contributed by atoms with van der Waals surface area (Å²) >= 11 is 0. The molecule has 0 saturated heterocycles. The predicted octanol–water partition coefficient (Wildman–Crippen LogP) is 4.62. The van der Waals surface area contributed by atoms with Gasteiger partial charge in [0, 0.05) is 49.2 Å². The molecule has 0 fully saturated rings. The van der Waals surface area contributed by atoms with Crippen LogP contribution in [-0.2, 0) is 0 Å². The maximum absolute atomic E-state index is 13.0. The number of hydrogen-bond donors (Lipinski definition) is 0. The van der Waals surface area contributed by atoms with E-state index in [1.54, 1.807) is 7.11 Å². The second-order valence-electron chi connectivity index (χ2n) is 6.11. The van der Waals surface area contributed by atoms with Crippen molar-refractivity contribution in [1.82, 2.24) is 0 Å². The number of methoxy groups -OCH3 is 1. The second-order valence-corrected chi connectivity index (χ2v) is 6.11. The van der Waals surface area contributed by atoms with E-state index in [1.165, 1.54) is 0 Å². The minimum Gasteiger partial charge on any atom is -0.496 e. The van der Waals surface area contributed by atoms with Crippen molar-refractivity contribution in [3.8, 4) is 5.75 Å². The fourth-order valence-corrected chi connectivity index (χ4v) is 3.22. The number of anilines is 2. The predicted molar refractivity (Wildman–Crippen MR) is 110 cm³/mol. The van der Waals surface area contributed by atoms with E-state index in [4.69, 9.17) is 4.74 Å². The quantitative estimate of drug-likeness (QED) is 0.615. The molecule has 4 nitrogen and oxygen atoms in total. The normalized spacial score (nSPS) is 10.5. The van der Waals surface area contributed by atoms with E-state index < -0.39 is 0 Å². The van der Waals surface area contributed by atoms with Gasteiger partial charge in [0.15, 0.2) is 5.78 Å². The summed E-state index contributed by atoms with van der Waals surface area (Å²) in [6, 6.07) is 13.6. The lowest BCUT2D eigenvalue weighted by Crippen LogP contribution is -2.22. The van der Waals surface area contributed by atoms with Crippen molar-refractivity contribution in [3.63, 3.8) is 0 Å². The van der Waals surface area contributed by atoms with E-state index in [2.05, 4.69) is 37.5 Å². The van der Waals surface area contributed by atoms with Gasteiger partial charge in [-0.15, -0.1) is 0 Å². The minimum atomic E-state index is -0.0148. The smallest absolute Gasteiger partial charge is 0.196 e. The molecule has 26 heavy (non-hydrogen) atoms. The summed E-state index contributed by atoms with van der Waals surface area (Å²) in [5, 5.41) is 0. The molecule has 4 heteroatoms. The van der Waals surface area contributed by atoms with Crippen molar-refractivity contribution in [2.45, 2.75) is 27.7 Å². The van der Waals surface area contributed by atoms with Gasteiger partial charge in [-0.25, -0.2) is 0 Å². The number of rotatable bonds is 9. The highest BCUT2D eigenvalue weighted by Crippen LogP contribution is 2.28. The Bertz CT molecular complexity index is 717. The zero-order valence-corrected chi connectivity index (χ0v) is 16.6. The third-order valence-corrected chi connectivity index (χ3v) is 4.82. The van der Waals surface area contributed by atoms with Crippen LogP contribution in [0.1, 0.15) is 43.6 Å². The molecule has 2 rings (SSSR count). The summed E-state index contributed by atoms with van der Waals surface area (Å²) in [5.41, 5.74) is 3.48. The Morgan fingerprint density at radius 2 is 1.31 bits per heavy atom. The Labute approximate surface area is 157 Å². The lowest BCUT2D eigenvalue weighted by atomic mass is 10.0. The van der Waals surface area contributed by atoms with Crippen molar-refractivity contribution < 1.29 is 9.53 Å². The molecule has 0 aliphatic carbocycles. The Morgan fingerprint density at radius 3 is 1.81 bits per heavy atom. The highest BCUT2D eigenvalue weighted by Gasteiger charge is 2.16. The van der Waals surface area contributed by atoms with Gasteiger partial charge >= 0.3 is 0 Å². The molecule has 0 spiro atoms. The summed E-state index contributed by atoms with van der Waals surface area (Å²) in [5.74, 6) is 0.603. The fourth-order valence-electron chi connectivity index (χ4n) is 3.22. The standard InChI is InChI=1S/C22H30N2O2/c1-6-23(7-2)18-12-10-17(11-13-18)22(25)20-15-14-19(16-21(20)26-5)24(8-3)9-4/h10-16H,6-9H2,1-5H3. The molecule has 0 radical (unpaired) electrons. The van der Waals surface area contributed by atoms with E-state index in [0.29, 0.717) is 16.9 Å². The van der Waals surface area contributed by atoms with Crippen LogP contribution in [0.2, 0.25) is 0 Å². The first-order chi connectivity index (χ1) is 12.6. The van der Waals surface area contributed by atoms with Gasteiger partial charge in [0.05, 0.1) is 12.7 Å². The molecule has 0 aliphatic heterocycles. The van der Waals surface area contributed by atoms with Crippen LogP contribution in [0.25, 0.3) is 0 Å². The van der Waals surface area contributed by atoms with Crippen LogP contribution in [0.15, 0.2) is 42.5 Å². The van der Waals surface area contributed by atoms with Gasteiger partial charge in [-0.05, 0) is 64.1 Å². The van der Waals surface area contributed by atoms with E-state index in [0.717, 1.165) is 37.6 Å². The Morgan fingerprint density at radius 1 is 0.808 bits per heavy atom. The number of carbonyl (C=O) groups is 1. The molecule has 0 aliphatic rings. The number of benzene rings is 2. The minimum absolute atomic E-state index is 0.0148. The van der Waals surface area contributed by atoms with Gasteiger partial charge in [-0.3, -0.25) is 4.79 Å². The maximum Gasteiger partial charge on any atom is 0.196 e. The Balaban J connectivity index is 2.31. The van der Waals surface area contributed by atoms with Crippen molar-refractivity contribution in [1.29, 1.82) is 0 Å². The third-order valence-electron chi connectivity index (χ3n) is 4.82. The van der Waals surface area contributed by atoms with Crippen LogP contribution < -0.4 is 14.5 Å². The molecular weight excluding hydrogens is 324 g/mol.